The summed E-state index contributed by atoms with van der Waals surface area (Å²) in [5, 5.41) is 3.94. The summed E-state index contributed by atoms with van der Waals surface area (Å²) in [7, 11) is 1.49. The van der Waals surface area contributed by atoms with Crippen LogP contribution in [-0.2, 0) is 17.8 Å². The van der Waals surface area contributed by atoms with E-state index in [9.17, 15) is 13.6 Å². The summed E-state index contributed by atoms with van der Waals surface area (Å²) in [5.41, 5.74) is 4.17. The molecule has 0 heterocycles. The van der Waals surface area contributed by atoms with Gasteiger partial charge in [-0.2, -0.15) is 5.10 Å². The Morgan fingerprint density at radius 2 is 1.87 bits per heavy atom. The number of carbonyl (C=O) groups excluding carboxylic acids is 1. The predicted molar refractivity (Wildman–Crippen MR) is 117 cm³/mol. The molecule has 31 heavy (non-hydrogen) atoms. The number of ether oxygens (including phenoxy) is 2. The number of hydrogen-bond acceptors (Lipinski definition) is 4. The van der Waals surface area contributed by atoms with Crippen LogP contribution < -0.4 is 14.9 Å². The SMILES string of the molecule is COc1cc(/C=N/NC(=O)Cc2ccc(F)cc2)cc(Br)c1OCc1ccccc1F. The third-order valence-electron chi connectivity index (χ3n) is 4.26. The minimum atomic E-state index is -0.358. The fraction of sp³-hybridized carbons (Fsp3) is 0.130. The van der Waals surface area contributed by atoms with Gasteiger partial charge in [-0.05, 0) is 57.4 Å². The lowest BCUT2D eigenvalue weighted by Crippen LogP contribution is -2.19. The van der Waals surface area contributed by atoms with E-state index in [1.807, 2.05) is 0 Å². The summed E-state index contributed by atoms with van der Waals surface area (Å²) >= 11 is 3.42. The molecule has 0 saturated heterocycles. The van der Waals surface area contributed by atoms with Gasteiger partial charge in [-0.3, -0.25) is 4.79 Å². The lowest BCUT2D eigenvalue weighted by molar-refractivity contribution is -0.120. The van der Waals surface area contributed by atoms with Crippen LogP contribution in [0.3, 0.4) is 0 Å². The number of benzene rings is 3. The average Bonchev–Trinajstić information content (AvgIpc) is 2.75. The second kappa shape index (κ2) is 10.7. The van der Waals surface area contributed by atoms with Crippen molar-refractivity contribution in [2.75, 3.05) is 7.11 Å². The molecule has 3 aromatic carbocycles. The van der Waals surface area contributed by atoms with Crippen molar-refractivity contribution in [3.05, 3.63) is 93.5 Å². The number of nitrogens with one attached hydrogen (secondary N) is 1. The maximum atomic E-state index is 13.8. The molecular formula is C23H19BrF2N2O3. The van der Waals surface area contributed by atoms with Gasteiger partial charge in [0.1, 0.15) is 18.2 Å². The van der Waals surface area contributed by atoms with Gasteiger partial charge in [0.25, 0.3) is 0 Å². The smallest absolute Gasteiger partial charge is 0.244 e. The minimum absolute atomic E-state index is 0.0362. The second-order valence-corrected chi connectivity index (χ2v) is 7.36. The first kappa shape index (κ1) is 22.4. The summed E-state index contributed by atoms with van der Waals surface area (Å²) < 4.78 is 38.4. The number of hydrazone groups is 1. The first-order valence-electron chi connectivity index (χ1n) is 9.26. The Bertz CT molecular complexity index is 1090. The zero-order valence-corrected chi connectivity index (χ0v) is 18.2. The van der Waals surface area contributed by atoms with Crippen molar-refractivity contribution in [2.24, 2.45) is 5.10 Å². The van der Waals surface area contributed by atoms with E-state index >= 15 is 0 Å². The molecule has 0 spiro atoms. The van der Waals surface area contributed by atoms with Gasteiger partial charge in [-0.25, -0.2) is 14.2 Å². The van der Waals surface area contributed by atoms with Gasteiger partial charge in [0.2, 0.25) is 5.91 Å². The molecule has 1 N–H and O–H groups in total. The Balaban J connectivity index is 1.64. The van der Waals surface area contributed by atoms with Crippen LogP contribution in [0.2, 0.25) is 0 Å². The maximum absolute atomic E-state index is 13.8. The van der Waals surface area contributed by atoms with Crippen molar-refractivity contribution in [1.82, 2.24) is 5.43 Å². The maximum Gasteiger partial charge on any atom is 0.244 e. The molecule has 0 unspecified atom stereocenters. The second-order valence-electron chi connectivity index (χ2n) is 6.51. The van der Waals surface area contributed by atoms with Crippen molar-refractivity contribution >= 4 is 28.1 Å². The molecule has 160 valence electrons. The van der Waals surface area contributed by atoms with Crippen molar-refractivity contribution < 1.29 is 23.0 Å². The van der Waals surface area contributed by atoms with Crippen LogP contribution >= 0.6 is 15.9 Å². The molecule has 0 bridgehead atoms. The molecule has 0 aromatic heterocycles. The van der Waals surface area contributed by atoms with E-state index < -0.39 is 0 Å². The average molecular weight is 489 g/mol. The fourth-order valence-corrected chi connectivity index (χ4v) is 3.30. The molecule has 0 aliphatic carbocycles. The van der Waals surface area contributed by atoms with Crippen LogP contribution in [0, 0.1) is 11.6 Å². The van der Waals surface area contributed by atoms with E-state index in [4.69, 9.17) is 9.47 Å². The van der Waals surface area contributed by atoms with Gasteiger partial charge in [-0.15, -0.1) is 0 Å². The summed E-state index contributed by atoms with van der Waals surface area (Å²) in [5.74, 6) is -0.201. The van der Waals surface area contributed by atoms with E-state index in [0.717, 1.165) is 0 Å². The van der Waals surface area contributed by atoms with Gasteiger partial charge >= 0.3 is 0 Å². The van der Waals surface area contributed by atoms with Crippen LogP contribution in [0.1, 0.15) is 16.7 Å². The van der Waals surface area contributed by atoms with Crippen molar-refractivity contribution in [3.63, 3.8) is 0 Å². The Kier molecular flexibility index (Phi) is 7.72. The highest BCUT2D eigenvalue weighted by Crippen LogP contribution is 2.37. The van der Waals surface area contributed by atoms with E-state index in [-0.39, 0.29) is 30.6 Å². The highest BCUT2D eigenvalue weighted by molar-refractivity contribution is 9.10. The molecule has 0 fully saturated rings. The molecular weight excluding hydrogens is 470 g/mol. The zero-order chi connectivity index (χ0) is 22.2. The lowest BCUT2D eigenvalue weighted by atomic mass is 10.1. The normalized spacial score (nSPS) is 10.8. The van der Waals surface area contributed by atoms with E-state index in [2.05, 4.69) is 26.5 Å². The molecule has 1 amide bonds. The fourth-order valence-electron chi connectivity index (χ4n) is 2.73. The van der Waals surface area contributed by atoms with Crippen molar-refractivity contribution in [1.29, 1.82) is 0 Å². The molecule has 3 rings (SSSR count). The van der Waals surface area contributed by atoms with Crippen LogP contribution in [0.15, 0.2) is 70.2 Å². The van der Waals surface area contributed by atoms with Crippen LogP contribution in [0.4, 0.5) is 8.78 Å². The van der Waals surface area contributed by atoms with Crippen molar-refractivity contribution in [3.8, 4) is 11.5 Å². The number of hydrogen-bond donors (Lipinski definition) is 1. The standard InChI is InChI=1S/C23H19BrF2N2O3/c1-30-21-11-16(13-27-28-22(29)12-15-6-8-18(25)9-7-15)10-19(24)23(21)31-14-17-4-2-3-5-20(17)26/h2-11,13H,12,14H2,1H3,(H,28,29)/b27-13+. The number of methoxy groups -OCH3 is 1. The van der Waals surface area contributed by atoms with E-state index in [0.29, 0.717) is 32.7 Å². The highest BCUT2D eigenvalue weighted by Gasteiger charge is 2.13. The molecule has 0 radical (unpaired) electrons. The van der Waals surface area contributed by atoms with E-state index in [1.54, 1.807) is 42.5 Å². The van der Waals surface area contributed by atoms with Gasteiger partial charge in [0, 0.05) is 5.56 Å². The molecule has 5 nitrogen and oxygen atoms in total. The first-order chi connectivity index (χ1) is 15.0. The Hall–Kier alpha value is -3.26. The summed E-state index contributed by atoms with van der Waals surface area (Å²) in [6, 6.07) is 15.4. The van der Waals surface area contributed by atoms with E-state index in [1.165, 1.54) is 31.5 Å². The number of carbonyl (C=O) groups is 1. The van der Waals surface area contributed by atoms with Crippen LogP contribution in [0.25, 0.3) is 0 Å². The first-order valence-corrected chi connectivity index (χ1v) is 10.1. The number of rotatable bonds is 8. The Labute approximate surface area is 186 Å². The third kappa shape index (κ3) is 6.36. The zero-order valence-electron chi connectivity index (χ0n) is 16.6. The number of amides is 1. The summed E-state index contributed by atoms with van der Waals surface area (Å²) in [6.07, 6.45) is 1.53. The molecule has 0 aliphatic heterocycles. The Morgan fingerprint density at radius 3 is 2.58 bits per heavy atom. The van der Waals surface area contributed by atoms with Gasteiger partial charge in [0.15, 0.2) is 11.5 Å². The van der Waals surface area contributed by atoms with Crippen LogP contribution in [0.5, 0.6) is 11.5 Å². The Morgan fingerprint density at radius 1 is 1.13 bits per heavy atom. The molecule has 0 aliphatic rings. The monoisotopic (exact) mass is 488 g/mol. The summed E-state index contributed by atoms with van der Waals surface area (Å²) in [4.78, 5) is 12.0. The molecule has 0 atom stereocenters. The minimum Gasteiger partial charge on any atom is -0.493 e. The summed E-state index contributed by atoms with van der Waals surface area (Å²) in [6.45, 7) is 0.0362. The number of halogens is 3. The quantitative estimate of drug-likeness (QED) is 0.358. The molecule has 3 aromatic rings. The third-order valence-corrected chi connectivity index (χ3v) is 4.85. The lowest BCUT2D eigenvalue weighted by Gasteiger charge is -2.14. The predicted octanol–water partition coefficient (Wildman–Crippen LogP) is 5.01. The number of nitrogens with zero attached hydrogens (tertiary/aromatic N) is 1. The largest absolute Gasteiger partial charge is 0.493 e. The molecule has 0 saturated carbocycles. The van der Waals surface area contributed by atoms with Crippen LogP contribution in [-0.4, -0.2) is 19.2 Å². The molecule has 8 heteroatoms. The topological polar surface area (TPSA) is 59.9 Å². The van der Waals surface area contributed by atoms with Gasteiger partial charge < -0.3 is 9.47 Å². The highest BCUT2D eigenvalue weighted by atomic mass is 79.9. The van der Waals surface area contributed by atoms with Gasteiger partial charge in [0.05, 0.1) is 24.2 Å². The van der Waals surface area contributed by atoms with Gasteiger partial charge in [-0.1, -0.05) is 30.3 Å². The van der Waals surface area contributed by atoms with Crippen molar-refractivity contribution in [2.45, 2.75) is 13.0 Å².